The minimum Gasteiger partial charge on any atom is -0.359 e. The van der Waals surface area contributed by atoms with E-state index < -0.39 is 0 Å². The van der Waals surface area contributed by atoms with Crippen LogP contribution in [0.2, 0.25) is 0 Å². The normalized spacial score (nSPS) is 21.4. The number of aryl methyl sites for hydroxylation is 1. The molecule has 11 rings (SSSR count). The van der Waals surface area contributed by atoms with Gasteiger partial charge in [0.2, 0.25) is 0 Å². The molecule has 1 aliphatic heterocycles. The summed E-state index contributed by atoms with van der Waals surface area (Å²) in [6.45, 7) is 0. The van der Waals surface area contributed by atoms with Crippen LogP contribution < -0.4 is 5.32 Å². The minimum absolute atomic E-state index is 0.219. The molecule has 2 atom stereocenters. The van der Waals surface area contributed by atoms with E-state index in [1.807, 2.05) is 11.3 Å². The van der Waals surface area contributed by atoms with Gasteiger partial charge < -0.3 is 9.88 Å². The van der Waals surface area contributed by atoms with Crippen molar-refractivity contribution < 1.29 is 0 Å². The Kier molecular flexibility index (Phi) is 8.46. The summed E-state index contributed by atoms with van der Waals surface area (Å²) < 4.78 is 3.92. The van der Waals surface area contributed by atoms with E-state index in [1.165, 1.54) is 87.5 Å². The number of aliphatic imine (C=N–C) groups is 1. The first-order valence-electron chi connectivity index (χ1n) is 20.6. The average Bonchev–Trinajstić information content (AvgIpc) is 3.82. The van der Waals surface area contributed by atoms with Crippen LogP contribution in [-0.4, -0.2) is 10.3 Å². The summed E-state index contributed by atoms with van der Waals surface area (Å²) in [5.74, 6) is 0.317. The summed E-state index contributed by atoms with van der Waals surface area (Å²) in [5.41, 5.74) is 16.7. The average molecular weight is 744 g/mol. The highest BCUT2D eigenvalue weighted by Gasteiger charge is 2.31. The molecule has 4 heteroatoms. The number of hydrogen-bond donors (Lipinski definition) is 1. The fraction of sp³-hybridized carbons (Fsp3) is 0.212. The van der Waals surface area contributed by atoms with E-state index in [4.69, 9.17) is 4.99 Å². The van der Waals surface area contributed by atoms with Gasteiger partial charge >= 0.3 is 0 Å². The first kappa shape index (κ1) is 33.6. The molecule has 3 heterocycles. The van der Waals surface area contributed by atoms with Crippen LogP contribution in [0.3, 0.4) is 0 Å². The molecule has 0 radical (unpaired) electrons. The smallest absolute Gasteiger partial charge is 0.145 e. The second kappa shape index (κ2) is 14.1. The summed E-state index contributed by atoms with van der Waals surface area (Å²) in [6, 6.07) is 25.3. The third kappa shape index (κ3) is 5.81. The predicted octanol–water partition coefficient (Wildman–Crippen LogP) is 13.4. The number of allylic oxidation sites excluding steroid dienone is 14. The Bertz CT molecular complexity index is 2750. The van der Waals surface area contributed by atoms with Crippen molar-refractivity contribution in [2.75, 3.05) is 0 Å². The van der Waals surface area contributed by atoms with Crippen LogP contribution in [0.5, 0.6) is 0 Å². The molecular weight excluding hydrogens is 699 g/mol. The van der Waals surface area contributed by atoms with Crippen LogP contribution in [0.4, 0.5) is 0 Å². The number of nitrogens with one attached hydrogen (secondary N) is 1. The molecule has 0 amide bonds. The van der Waals surface area contributed by atoms with Gasteiger partial charge in [0.1, 0.15) is 6.17 Å². The Morgan fingerprint density at radius 1 is 0.714 bits per heavy atom. The fourth-order valence-corrected chi connectivity index (χ4v) is 10.8. The van der Waals surface area contributed by atoms with Crippen molar-refractivity contribution in [3.63, 3.8) is 0 Å². The highest BCUT2D eigenvalue weighted by Crippen LogP contribution is 2.44. The largest absolute Gasteiger partial charge is 0.359 e. The van der Waals surface area contributed by atoms with Gasteiger partial charge in [0.25, 0.3) is 0 Å². The van der Waals surface area contributed by atoms with Gasteiger partial charge in [0.05, 0.1) is 16.9 Å². The second-order valence-electron chi connectivity index (χ2n) is 15.8. The van der Waals surface area contributed by atoms with Gasteiger partial charge in [-0.25, -0.2) is 0 Å². The Hall–Kier alpha value is -5.71. The van der Waals surface area contributed by atoms with E-state index in [0.717, 1.165) is 63.5 Å². The Morgan fingerprint density at radius 3 is 2.39 bits per heavy atom. The number of fused-ring (bicyclic) bond motifs is 6. The van der Waals surface area contributed by atoms with E-state index in [0.29, 0.717) is 5.92 Å². The molecule has 2 unspecified atom stereocenters. The van der Waals surface area contributed by atoms with E-state index in [9.17, 15) is 0 Å². The number of benzene rings is 3. The molecule has 5 aromatic rings. The molecule has 0 saturated heterocycles. The van der Waals surface area contributed by atoms with Crippen LogP contribution in [0.1, 0.15) is 95.4 Å². The van der Waals surface area contributed by atoms with Gasteiger partial charge in [-0.15, -0.1) is 11.3 Å². The molecule has 0 saturated carbocycles. The van der Waals surface area contributed by atoms with Crippen molar-refractivity contribution in [3.8, 4) is 0 Å². The number of hydrogen-bond acceptors (Lipinski definition) is 3. The maximum Gasteiger partial charge on any atom is 0.145 e. The molecular formula is C52H45N3S. The standard InChI is InChI=1S/C52H45N3S/c1-5-15-34(16-6-1)49-50(35-17-7-2-8-18-35)53-52(54-51(49)36-19-9-3-10-20-36)39-26-29-46-43(33-39)42-31-37(25-28-45(42)55(46)40-21-11-4-12-22-40)38-27-30-48-44(32-38)41-23-13-14-24-47(41)56-48/h1-2,5-7,9,11,14-17,19-22,24-30,32-33,37,52,54H,3-4,8,10,12-13,18,23,31H2. The number of nitrogens with zero attached hydrogens (tertiary/aromatic N) is 2. The molecule has 5 aliphatic carbocycles. The zero-order valence-electron chi connectivity index (χ0n) is 31.7. The number of thiophene rings is 1. The topological polar surface area (TPSA) is 29.3 Å². The molecule has 0 fully saturated rings. The van der Waals surface area contributed by atoms with Crippen molar-refractivity contribution in [2.24, 2.45) is 4.99 Å². The summed E-state index contributed by atoms with van der Waals surface area (Å²) in [7, 11) is 0. The zero-order chi connectivity index (χ0) is 37.0. The van der Waals surface area contributed by atoms with Crippen molar-refractivity contribution in [3.05, 3.63) is 189 Å². The zero-order valence-corrected chi connectivity index (χ0v) is 32.5. The number of rotatable bonds is 6. The first-order valence-corrected chi connectivity index (χ1v) is 21.4. The van der Waals surface area contributed by atoms with Gasteiger partial charge in [0, 0.05) is 37.8 Å². The first-order chi connectivity index (χ1) is 27.8. The Labute approximate surface area is 333 Å². The Morgan fingerprint density at radius 2 is 1.55 bits per heavy atom. The molecule has 0 spiro atoms. The van der Waals surface area contributed by atoms with Crippen molar-refractivity contribution in [2.45, 2.75) is 69.9 Å². The van der Waals surface area contributed by atoms with E-state index >= 15 is 0 Å². The van der Waals surface area contributed by atoms with Gasteiger partial charge in [-0.1, -0.05) is 103 Å². The molecule has 3 nitrogen and oxygen atoms in total. The van der Waals surface area contributed by atoms with Crippen molar-refractivity contribution >= 4 is 61.5 Å². The van der Waals surface area contributed by atoms with Crippen LogP contribution >= 0.6 is 11.3 Å². The maximum atomic E-state index is 5.66. The lowest BCUT2D eigenvalue weighted by molar-refractivity contribution is 0.628. The molecule has 0 bridgehead atoms. The van der Waals surface area contributed by atoms with Crippen molar-refractivity contribution in [1.82, 2.24) is 9.88 Å². The monoisotopic (exact) mass is 743 g/mol. The quantitative estimate of drug-likeness (QED) is 0.184. The molecule has 3 aromatic carbocycles. The summed E-state index contributed by atoms with van der Waals surface area (Å²) >= 11 is 1.94. The van der Waals surface area contributed by atoms with Gasteiger partial charge in [-0.2, -0.15) is 0 Å². The third-order valence-corrected chi connectivity index (χ3v) is 13.6. The summed E-state index contributed by atoms with van der Waals surface area (Å²) in [6.07, 6.45) is 39.7. The highest BCUT2D eigenvalue weighted by molar-refractivity contribution is 7.20. The predicted molar refractivity (Wildman–Crippen MR) is 239 cm³/mol. The van der Waals surface area contributed by atoms with Crippen molar-refractivity contribution in [1.29, 1.82) is 0 Å². The van der Waals surface area contributed by atoms with E-state index in [-0.39, 0.29) is 6.17 Å². The van der Waals surface area contributed by atoms with E-state index in [1.54, 1.807) is 0 Å². The van der Waals surface area contributed by atoms with Gasteiger partial charge in [-0.3, -0.25) is 4.99 Å². The molecule has 56 heavy (non-hydrogen) atoms. The maximum absolute atomic E-state index is 5.66. The second-order valence-corrected chi connectivity index (χ2v) is 16.9. The molecule has 1 N–H and O–H groups in total. The third-order valence-electron chi connectivity index (χ3n) is 12.4. The lowest BCUT2D eigenvalue weighted by atomic mass is 9.85. The van der Waals surface area contributed by atoms with Gasteiger partial charge in [-0.05, 0) is 145 Å². The van der Waals surface area contributed by atoms with E-state index in [2.05, 4.69) is 156 Å². The molecule has 274 valence electrons. The van der Waals surface area contributed by atoms with Gasteiger partial charge in [0.15, 0.2) is 0 Å². The van der Waals surface area contributed by atoms with Crippen LogP contribution in [0, 0.1) is 0 Å². The fourth-order valence-electron chi connectivity index (χ4n) is 9.61. The van der Waals surface area contributed by atoms with Crippen LogP contribution in [0.25, 0.3) is 44.4 Å². The summed E-state index contributed by atoms with van der Waals surface area (Å²) in [4.78, 5) is 7.10. The number of aromatic nitrogens is 1. The highest BCUT2D eigenvalue weighted by atomic mass is 32.1. The lowest BCUT2D eigenvalue weighted by Gasteiger charge is -2.31. The SMILES string of the molecule is C1=CCCC(C2=NC(c3ccc4c(c3)c3c(n4C4=CCCC=C4)C=CC(c4ccc5sc6c(c5c4)CCC=C6)C3)NC(C3=CCCC=C3)=C2c2ccccc2)=C1. The lowest BCUT2D eigenvalue weighted by Crippen LogP contribution is -2.30. The summed E-state index contributed by atoms with van der Waals surface area (Å²) in [5, 5.41) is 6.81. The van der Waals surface area contributed by atoms with Crippen LogP contribution in [-0.2, 0) is 12.8 Å². The minimum atomic E-state index is -0.219. The Balaban J connectivity index is 1.05. The molecule has 2 aromatic heterocycles. The molecule has 6 aliphatic rings. The van der Waals surface area contributed by atoms with Crippen LogP contribution in [0.15, 0.2) is 155 Å².